The Morgan fingerprint density at radius 1 is 1.29 bits per heavy atom. The van der Waals surface area contributed by atoms with E-state index in [1.807, 2.05) is 37.3 Å². The Balaban J connectivity index is 1.75. The maximum atomic E-state index is 13.1. The minimum atomic E-state index is -0.146. The number of pyridine rings is 1. The summed E-state index contributed by atoms with van der Waals surface area (Å²) in [6.45, 7) is 2.40. The summed E-state index contributed by atoms with van der Waals surface area (Å²) in [6.07, 6.45) is 4.63. The Morgan fingerprint density at radius 2 is 2.18 bits per heavy atom. The lowest BCUT2D eigenvalue weighted by Gasteiger charge is -2.19. The van der Waals surface area contributed by atoms with E-state index in [1.54, 1.807) is 18.2 Å². The van der Waals surface area contributed by atoms with Crippen molar-refractivity contribution in [1.82, 2.24) is 24.7 Å². The van der Waals surface area contributed by atoms with E-state index in [0.717, 1.165) is 21.5 Å². The van der Waals surface area contributed by atoms with Crippen LogP contribution < -0.4 is 9.64 Å². The Kier molecular flexibility index (Phi) is 4.98. The molecule has 0 bridgehead atoms. The standard InChI is InChI=1S/C19H18N6O2S/c1-13-6-7-15(27-2)17-18(13)28-19(23-17)25(9-14-5-3-4-8-21-14)16(26)10-24-12-20-11-22-24/h3-8,11-12H,9-10H2,1-2H3. The van der Waals surface area contributed by atoms with Crippen molar-refractivity contribution in [1.29, 1.82) is 0 Å². The molecule has 142 valence electrons. The highest BCUT2D eigenvalue weighted by molar-refractivity contribution is 7.22. The van der Waals surface area contributed by atoms with Crippen molar-refractivity contribution in [3.8, 4) is 5.75 Å². The van der Waals surface area contributed by atoms with Gasteiger partial charge in [-0.1, -0.05) is 23.5 Å². The van der Waals surface area contributed by atoms with Crippen molar-refractivity contribution in [2.45, 2.75) is 20.0 Å². The molecule has 0 aliphatic carbocycles. The monoisotopic (exact) mass is 394 g/mol. The van der Waals surface area contributed by atoms with Crippen LogP contribution in [0.15, 0.2) is 49.2 Å². The first kappa shape index (κ1) is 18.1. The van der Waals surface area contributed by atoms with Gasteiger partial charge in [-0.15, -0.1) is 0 Å². The van der Waals surface area contributed by atoms with Gasteiger partial charge in [0, 0.05) is 6.20 Å². The zero-order valence-electron chi connectivity index (χ0n) is 15.4. The molecule has 0 saturated heterocycles. The zero-order chi connectivity index (χ0) is 19.5. The number of amides is 1. The quantitative estimate of drug-likeness (QED) is 0.500. The first-order valence-corrected chi connectivity index (χ1v) is 9.44. The number of aryl methyl sites for hydroxylation is 1. The number of thiazole rings is 1. The minimum absolute atomic E-state index is 0.0683. The lowest BCUT2D eigenvalue weighted by atomic mass is 10.2. The van der Waals surface area contributed by atoms with E-state index in [2.05, 4.69) is 15.1 Å². The van der Waals surface area contributed by atoms with Crippen LogP contribution in [0.25, 0.3) is 10.2 Å². The van der Waals surface area contributed by atoms with E-state index in [9.17, 15) is 4.79 Å². The third-order valence-electron chi connectivity index (χ3n) is 4.25. The van der Waals surface area contributed by atoms with Crippen molar-refractivity contribution in [3.05, 3.63) is 60.4 Å². The van der Waals surface area contributed by atoms with Crippen molar-refractivity contribution < 1.29 is 9.53 Å². The summed E-state index contributed by atoms with van der Waals surface area (Å²) in [5.74, 6) is 0.538. The highest BCUT2D eigenvalue weighted by Gasteiger charge is 2.23. The summed E-state index contributed by atoms with van der Waals surface area (Å²) in [7, 11) is 1.62. The summed E-state index contributed by atoms with van der Waals surface area (Å²) in [5.41, 5.74) is 2.61. The Morgan fingerprint density at radius 3 is 2.89 bits per heavy atom. The second-order valence-corrected chi connectivity index (χ2v) is 7.13. The molecule has 1 amide bonds. The van der Waals surface area contributed by atoms with E-state index in [4.69, 9.17) is 9.72 Å². The fourth-order valence-electron chi connectivity index (χ4n) is 2.83. The summed E-state index contributed by atoms with van der Waals surface area (Å²) < 4.78 is 7.93. The maximum absolute atomic E-state index is 13.1. The maximum Gasteiger partial charge on any atom is 0.250 e. The molecular formula is C19H18N6O2S. The normalized spacial score (nSPS) is 10.9. The predicted octanol–water partition coefficient (Wildman–Crippen LogP) is 2.83. The summed E-state index contributed by atoms with van der Waals surface area (Å²) >= 11 is 1.46. The second-order valence-electron chi connectivity index (χ2n) is 6.15. The second kappa shape index (κ2) is 7.73. The molecule has 0 atom stereocenters. The lowest BCUT2D eigenvalue weighted by molar-refractivity contribution is -0.119. The summed E-state index contributed by atoms with van der Waals surface area (Å²) in [5, 5.41) is 4.62. The van der Waals surface area contributed by atoms with Gasteiger partial charge in [-0.25, -0.2) is 14.6 Å². The molecule has 0 fully saturated rings. The number of anilines is 1. The van der Waals surface area contributed by atoms with Gasteiger partial charge in [0.25, 0.3) is 5.91 Å². The molecule has 9 heteroatoms. The molecule has 0 unspecified atom stereocenters. The largest absolute Gasteiger partial charge is 0.494 e. The SMILES string of the molecule is COc1ccc(C)c2sc(N(Cc3ccccn3)C(=O)Cn3cncn3)nc12. The molecule has 0 aliphatic rings. The number of carbonyl (C=O) groups is 1. The van der Waals surface area contributed by atoms with Crippen LogP contribution in [0.2, 0.25) is 0 Å². The molecule has 4 aromatic rings. The van der Waals surface area contributed by atoms with Gasteiger partial charge in [0.2, 0.25) is 0 Å². The number of nitrogens with zero attached hydrogens (tertiary/aromatic N) is 6. The van der Waals surface area contributed by atoms with Crippen LogP contribution in [0.1, 0.15) is 11.3 Å². The van der Waals surface area contributed by atoms with Gasteiger partial charge in [0.05, 0.1) is 24.0 Å². The van der Waals surface area contributed by atoms with Gasteiger partial charge in [0.1, 0.15) is 30.5 Å². The molecule has 0 aliphatic heterocycles. The topological polar surface area (TPSA) is 86.0 Å². The summed E-state index contributed by atoms with van der Waals surface area (Å²) in [6, 6.07) is 9.50. The average Bonchev–Trinajstić information content (AvgIpc) is 3.37. The van der Waals surface area contributed by atoms with Crippen LogP contribution in [0, 0.1) is 6.92 Å². The van der Waals surface area contributed by atoms with E-state index in [-0.39, 0.29) is 12.5 Å². The molecule has 0 radical (unpaired) electrons. The number of hydrogen-bond donors (Lipinski definition) is 0. The van der Waals surface area contributed by atoms with Crippen LogP contribution in [0.3, 0.4) is 0 Å². The molecule has 4 rings (SSSR count). The molecule has 0 spiro atoms. The highest BCUT2D eigenvalue weighted by Crippen LogP contribution is 2.36. The first-order chi connectivity index (χ1) is 13.7. The zero-order valence-corrected chi connectivity index (χ0v) is 16.3. The fraction of sp³-hybridized carbons (Fsp3) is 0.211. The number of carbonyl (C=O) groups excluding carboxylic acids is 1. The van der Waals surface area contributed by atoms with Crippen LogP contribution in [0.5, 0.6) is 5.75 Å². The van der Waals surface area contributed by atoms with E-state index < -0.39 is 0 Å². The van der Waals surface area contributed by atoms with Gasteiger partial charge in [-0.2, -0.15) is 5.10 Å². The predicted molar refractivity (Wildman–Crippen MR) is 106 cm³/mol. The van der Waals surface area contributed by atoms with Crippen LogP contribution in [-0.2, 0) is 17.9 Å². The molecule has 0 N–H and O–H groups in total. The molecule has 1 aromatic carbocycles. The smallest absolute Gasteiger partial charge is 0.250 e. The van der Waals surface area contributed by atoms with Gasteiger partial charge < -0.3 is 4.74 Å². The third-order valence-corrected chi connectivity index (χ3v) is 5.47. The van der Waals surface area contributed by atoms with E-state index in [0.29, 0.717) is 17.4 Å². The number of ether oxygens (including phenoxy) is 1. The molecule has 8 nitrogen and oxygen atoms in total. The molecule has 3 aromatic heterocycles. The van der Waals surface area contributed by atoms with Crippen molar-refractivity contribution in [2.24, 2.45) is 0 Å². The van der Waals surface area contributed by atoms with Gasteiger partial charge in [-0.05, 0) is 30.7 Å². The number of aromatic nitrogens is 5. The average molecular weight is 394 g/mol. The van der Waals surface area contributed by atoms with Gasteiger partial charge in [0.15, 0.2) is 5.13 Å². The molecule has 3 heterocycles. The minimum Gasteiger partial charge on any atom is -0.494 e. The van der Waals surface area contributed by atoms with Gasteiger partial charge >= 0.3 is 0 Å². The number of fused-ring (bicyclic) bond motifs is 1. The van der Waals surface area contributed by atoms with E-state index >= 15 is 0 Å². The van der Waals surface area contributed by atoms with Crippen LogP contribution >= 0.6 is 11.3 Å². The number of hydrogen-bond acceptors (Lipinski definition) is 7. The number of benzene rings is 1. The van der Waals surface area contributed by atoms with Crippen LogP contribution in [0.4, 0.5) is 5.13 Å². The third kappa shape index (κ3) is 3.56. The fourth-order valence-corrected chi connectivity index (χ4v) is 3.90. The Labute approximate surface area is 165 Å². The van der Waals surface area contributed by atoms with E-state index in [1.165, 1.54) is 28.7 Å². The van der Waals surface area contributed by atoms with Crippen molar-refractivity contribution in [3.63, 3.8) is 0 Å². The molecule has 28 heavy (non-hydrogen) atoms. The Hall–Kier alpha value is -3.33. The number of rotatable bonds is 6. The lowest BCUT2D eigenvalue weighted by Crippen LogP contribution is -2.33. The molecular weight excluding hydrogens is 376 g/mol. The molecule has 0 saturated carbocycles. The van der Waals surface area contributed by atoms with Crippen molar-refractivity contribution >= 4 is 32.6 Å². The van der Waals surface area contributed by atoms with Gasteiger partial charge in [-0.3, -0.25) is 14.7 Å². The van der Waals surface area contributed by atoms with Crippen molar-refractivity contribution in [2.75, 3.05) is 12.0 Å². The Bertz CT molecular complexity index is 1090. The highest BCUT2D eigenvalue weighted by atomic mass is 32.1. The first-order valence-electron chi connectivity index (χ1n) is 8.62. The van der Waals surface area contributed by atoms with Crippen LogP contribution in [-0.4, -0.2) is 37.7 Å². The summed E-state index contributed by atoms with van der Waals surface area (Å²) in [4.78, 5) is 27.7. The number of methoxy groups -OCH3 is 1.